The maximum atomic E-state index is 13.3. The highest BCUT2D eigenvalue weighted by Gasteiger charge is 2.54. The van der Waals surface area contributed by atoms with Gasteiger partial charge in [0.25, 0.3) is 5.92 Å². The van der Waals surface area contributed by atoms with Crippen molar-refractivity contribution in [3.05, 3.63) is 0 Å². The molecule has 0 aliphatic carbocycles. The van der Waals surface area contributed by atoms with E-state index < -0.39 is 48.5 Å². The van der Waals surface area contributed by atoms with Crippen LogP contribution in [0.1, 0.15) is 54.4 Å². The number of hydrogen-bond donors (Lipinski definition) is 3. The molecule has 0 aliphatic rings. The summed E-state index contributed by atoms with van der Waals surface area (Å²) < 4.78 is 69.4. The number of aliphatic imine (C=N–C) groups is 1. The predicted molar refractivity (Wildman–Crippen MR) is 114 cm³/mol. The molecular formula is C20H35F5N4O4. The van der Waals surface area contributed by atoms with Crippen LogP contribution < -0.4 is 16.8 Å². The number of nitrogens with two attached hydrogens (primary N) is 2. The fourth-order valence-corrected chi connectivity index (χ4v) is 2.83. The van der Waals surface area contributed by atoms with Crippen molar-refractivity contribution in [1.29, 1.82) is 0 Å². The molecular weight excluding hydrogens is 455 g/mol. The maximum Gasteiger partial charge on any atom is 0.420 e. The smallest absolute Gasteiger partial charge is 0.370 e. The number of halogens is 5. The molecule has 8 nitrogen and oxygen atoms in total. The quantitative estimate of drug-likeness (QED) is 0.148. The lowest BCUT2D eigenvalue weighted by molar-refractivity contribution is -0.278. The lowest BCUT2D eigenvalue weighted by Crippen LogP contribution is -2.49. The third kappa shape index (κ3) is 13.1. The molecule has 1 amide bonds. The minimum Gasteiger partial charge on any atom is -0.370 e. The van der Waals surface area contributed by atoms with Gasteiger partial charge >= 0.3 is 6.18 Å². The summed E-state index contributed by atoms with van der Waals surface area (Å²) in [5.74, 6) is -7.54. The number of nitrogens with zero attached hydrogens (tertiary/aromatic N) is 1. The van der Waals surface area contributed by atoms with Gasteiger partial charge in [-0.2, -0.15) is 13.2 Å². The number of alkyl halides is 5. The Morgan fingerprint density at radius 3 is 2.03 bits per heavy atom. The summed E-state index contributed by atoms with van der Waals surface area (Å²) in [4.78, 5) is 40.2. The summed E-state index contributed by atoms with van der Waals surface area (Å²) in [6, 6.07) is -1.34. The highest BCUT2D eigenvalue weighted by atomic mass is 19.4. The monoisotopic (exact) mass is 490 g/mol. The third-order valence-electron chi connectivity index (χ3n) is 4.45. The molecule has 0 rings (SSSR count). The molecule has 0 aromatic heterocycles. The van der Waals surface area contributed by atoms with Crippen LogP contribution in [0.25, 0.3) is 0 Å². The van der Waals surface area contributed by atoms with Gasteiger partial charge in [-0.3, -0.25) is 14.6 Å². The first kappa shape index (κ1) is 32.9. The molecule has 0 radical (unpaired) electrons. The molecule has 0 heterocycles. The van der Waals surface area contributed by atoms with E-state index in [0.29, 0.717) is 0 Å². The molecule has 0 saturated carbocycles. The first-order valence-electron chi connectivity index (χ1n) is 9.90. The average molecular weight is 491 g/mol. The molecule has 0 fully saturated rings. The lowest BCUT2D eigenvalue weighted by Gasteiger charge is -2.27. The second kappa shape index (κ2) is 14.1. The fraction of sp³-hybridized carbons (Fsp3) is 0.800. The Labute approximate surface area is 190 Å². The number of nitrogens with one attached hydrogen (secondary N) is 1. The number of hydrogen-bond acceptors (Lipinski definition) is 5. The first-order valence-corrected chi connectivity index (χ1v) is 9.90. The molecule has 194 valence electrons. The fourth-order valence-electron chi connectivity index (χ4n) is 2.83. The lowest BCUT2D eigenvalue weighted by atomic mass is 9.89. The Morgan fingerprint density at radius 1 is 1.09 bits per heavy atom. The van der Waals surface area contributed by atoms with Gasteiger partial charge < -0.3 is 26.3 Å². The number of amides is 1. The summed E-state index contributed by atoms with van der Waals surface area (Å²) in [6.45, 7) is 3.43. The van der Waals surface area contributed by atoms with Gasteiger partial charge in [0.15, 0.2) is 11.7 Å². The highest BCUT2D eigenvalue weighted by molar-refractivity contribution is 5.92. The highest BCUT2D eigenvalue weighted by Crippen LogP contribution is 2.34. The van der Waals surface area contributed by atoms with E-state index >= 15 is 0 Å². The van der Waals surface area contributed by atoms with Crippen LogP contribution in [0.15, 0.2) is 4.99 Å². The number of ether oxygens (including phenoxy) is 1. The van der Waals surface area contributed by atoms with E-state index in [9.17, 15) is 36.3 Å². The van der Waals surface area contributed by atoms with Gasteiger partial charge in [0.1, 0.15) is 12.4 Å². The second-order valence-electron chi connectivity index (χ2n) is 7.92. The van der Waals surface area contributed by atoms with E-state index in [1.54, 1.807) is 13.8 Å². The molecule has 0 aromatic rings. The van der Waals surface area contributed by atoms with Crippen molar-refractivity contribution in [2.45, 2.75) is 78.6 Å². The molecule has 3 unspecified atom stereocenters. The summed E-state index contributed by atoms with van der Waals surface area (Å²) in [5.41, 5.74) is 10.4. The molecule has 3 atom stereocenters. The average Bonchev–Trinajstić information content (AvgIpc) is 2.59. The predicted octanol–water partition coefficient (Wildman–Crippen LogP) is 2.58. The van der Waals surface area contributed by atoms with Gasteiger partial charge in [-0.1, -0.05) is 21.3 Å². The zero-order valence-electron chi connectivity index (χ0n) is 18.5. The van der Waals surface area contributed by atoms with Crippen LogP contribution in [0.2, 0.25) is 0 Å². The largest absolute Gasteiger partial charge is 0.420 e. The number of guanidine groups is 1. The standard InChI is InChI=1S/C19H31F5N4O4.CH4/c1-10(2)12(8-11(3)29)15(31)28-13(6-5-7-27-17(25)26)14(30)9-32-16(18(4,20)21)19(22,23)24;/h10,12-13,16H,5-9H2,1-4H3,(H,28,31)(H4,25,26,27);1H4. The van der Waals surface area contributed by atoms with Crippen molar-refractivity contribution in [2.75, 3.05) is 13.2 Å². The van der Waals surface area contributed by atoms with E-state index in [0.717, 1.165) is 0 Å². The van der Waals surface area contributed by atoms with Crippen molar-refractivity contribution in [3.8, 4) is 0 Å². The van der Waals surface area contributed by atoms with Crippen LogP contribution >= 0.6 is 0 Å². The van der Waals surface area contributed by atoms with Crippen LogP contribution in [0.5, 0.6) is 0 Å². The van der Waals surface area contributed by atoms with Gasteiger partial charge in [0, 0.05) is 25.8 Å². The van der Waals surface area contributed by atoms with Gasteiger partial charge in [-0.15, -0.1) is 0 Å². The molecule has 0 saturated heterocycles. The van der Waals surface area contributed by atoms with E-state index in [1.807, 2.05) is 0 Å². The van der Waals surface area contributed by atoms with E-state index in [-0.39, 0.29) is 57.8 Å². The minimum absolute atomic E-state index is 0. The summed E-state index contributed by atoms with van der Waals surface area (Å²) in [6.07, 6.45) is -8.94. The zero-order chi connectivity index (χ0) is 25.3. The van der Waals surface area contributed by atoms with Crippen LogP contribution in [-0.2, 0) is 19.1 Å². The minimum atomic E-state index is -5.41. The van der Waals surface area contributed by atoms with Crippen LogP contribution in [0.3, 0.4) is 0 Å². The normalized spacial score (nSPS) is 14.6. The maximum absolute atomic E-state index is 13.3. The van der Waals surface area contributed by atoms with Gasteiger partial charge in [0.05, 0.1) is 6.04 Å². The molecule has 33 heavy (non-hydrogen) atoms. The first-order chi connectivity index (χ1) is 14.5. The summed E-state index contributed by atoms with van der Waals surface area (Å²) in [5, 5.41) is 2.39. The Kier molecular flexibility index (Phi) is 14.0. The summed E-state index contributed by atoms with van der Waals surface area (Å²) in [7, 11) is 0. The van der Waals surface area contributed by atoms with Crippen LogP contribution in [-0.4, -0.2) is 60.8 Å². The number of ketones is 2. The van der Waals surface area contributed by atoms with Crippen molar-refractivity contribution in [1.82, 2.24) is 5.32 Å². The van der Waals surface area contributed by atoms with E-state index in [1.165, 1.54) is 6.92 Å². The van der Waals surface area contributed by atoms with Crippen molar-refractivity contribution < 1.29 is 41.1 Å². The Bertz CT molecular complexity index is 660. The number of rotatable bonds is 14. The van der Waals surface area contributed by atoms with Gasteiger partial charge in [-0.25, -0.2) is 8.78 Å². The molecule has 0 aliphatic heterocycles. The van der Waals surface area contributed by atoms with E-state index in [2.05, 4.69) is 15.0 Å². The Hall–Kier alpha value is -2.31. The Balaban J connectivity index is 0. The third-order valence-corrected chi connectivity index (χ3v) is 4.45. The van der Waals surface area contributed by atoms with Crippen molar-refractivity contribution in [3.63, 3.8) is 0 Å². The Morgan fingerprint density at radius 2 is 1.64 bits per heavy atom. The number of Topliss-reactive ketones (excluding diaryl/α,β-unsaturated/α-hetero) is 2. The topological polar surface area (TPSA) is 137 Å². The van der Waals surface area contributed by atoms with Crippen molar-refractivity contribution >= 4 is 23.4 Å². The number of carbonyl (C=O) groups excluding carboxylic acids is 3. The number of carbonyl (C=O) groups is 3. The zero-order valence-corrected chi connectivity index (χ0v) is 18.5. The van der Waals surface area contributed by atoms with Crippen LogP contribution in [0.4, 0.5) is 22.0 Å². The molecule has 5 N–H and O–H groups in total. The van der Waals surface area contributed by atoms with Crippen molar-refractivity contribution in [2.24, 2.45) is 28.3 Å². The van der Waals surface area contributed by atoms with Gasteiger partial charge in [-0.05, 0) is 25.7 Å². The van der Waals surface area contributed by atoms with E-state index in [4.69, 9.17) is 11.5 Å². The SMILES string of the molecule is C.CC(=O)CC(C(=O)NC(CCCN=C(N)N)C(=O)COC(C(C)(F)F)C(F)(F)F)C(C)C. The molecule has 0 bridgehead atoms. The molecule has 0 aromatic carbocycles. The summed E-state index contributed by atoms with van der Waals surface area (Å²) >= 11 is 0. The van der Waals surface area contributed by atoms with Gasteiger partial charge in [0.2, 0.25) is 12.0 Å². The molecule has 13 heteroatoms. The van der Waals surface area contributed by atoms with Crippen LogP contribution in [0, 0.1) is 11.8 Å². The molecule has 0 spiro atoms. The second-order valence-corrected chi connectivity index (χ2v) is 7.92.